The van der Waals surface area contributed by atoms with E-state index in [1.54, 1.807) is 19.1 Å². The summed E-state index contributed by atoms with van der Waals surface area (Å²) in [7, 11) is -4.02. The van der Waals surface area contributed by atoms with Crippen molar-refractivity contribution in [1.82, 2.24) is 14.4 Å². The highest BCUT2D eigenvalue weighted by molar-refractivity contribution is 7.89. The minimum Gasteiger partial charge on any atom is -0.298 e. The first-order valence-corrected chi connectivity index (χ1v) is 8.98. The van der Waals surface area contributed by atoms with Crippen LogP contribution in [-0.4, -0.2) is 29.1 Å². The van der Waals surface area contributed by atoms with Crippen molar-refractivity contribution in [3.63, 3.8) is 0 Å². The lowest BCUT2D eigenvalue weighted by Crippen LogP contribution is -2.13. The van der Waals surface area contributed by atoms with Crippen LogP contribution in [0.3, 0.4) is 0 Å². The molecule has 0 atom stereocenters. The van der Waals surface area contributed by atoms with Gasteiger partial charge in [-0.2, -0.15) is 21.6 Å². The molecule has 0 aliphatic rings. The summed E-state index contributed by atoms with van der Waals surface area (Å²) in [6.07, 6.45) is -3.31. The topological polar surface area (TPSA) is 81.9 Å². The number of rotatable bonds is 4. The quantitative estimate of drug-likeness (QED) is 0.633. The molecule has 0 N–H and O–H groups in total. The molecule has 0 radical (unpaired) electrons. The van der Waals surface area contributed by atoms with Crippen LogP contribution in [-0.2, 0) is 16.2 Å². The van der Waals surface area contributed by atoms with Gasteiger partial charge in [0.1, 0.15) is 5.69 Å². The van der Waals surface area contributed by atoms with E-state index in [1.807, 2.05) is 0 Å². The maximum Gasteiger partial charge on any atom is 0.416 e. The van der Waals surface area contributed by atoms with Crippen molar-refractivity contribution < 1.29 is 26.4 Å². The largest absolute Gasteiger partial charge is 0.416 e. The van der Waals surface area contributed by atoms with Gasteiger partial charge < -0.3 is 0 Å². The molecule has 0 aliphatic heterocycles. The summed E-state index contributed by atoms with van der Waals surface area (Å²) in [5, 5.41) is 7.24. The van der Waals surface area contributed by atoms with E-state index in [2.05, 4.69) is 10.3 Å². The zero-order chi connectivity index (χ0) is 19.8. The predicted molar refractivity (Wildman–Crippen MR) is 89.6 cm³/mol. The maximum atomic E-state index is 12.8. The first-order valence-electron chi connectivity index (χ1n) is 7.54. The van der Waals surface area contributed by atoms with E-state index in [9.17, 15) is 26.4 Å². The van der Waals surface area contributed by atoms with Crippen molar-refractivity contribution in [1.29, 1.82) is 0 Å². The summed E-state index contributed by atoms with van der Waals surface area (Å²) in [6.45, 7) is 1.80. The molecule has 1 heterocycles. The molecule has 1 aromatic heterocycles. The fourth-order valence-corrected chi connectivity index (χ4v) is 3.44. The van der Waals surface area contributed by atoms with Gasteiger partial charge in [-0.3, -0.25) is 4.79 Å². The third-order valence-electron chi connectivity index (χ3n) is 3.82. The van der Waals surface area contributed by atoms with Gasteiger partial charge in [-0.05, 0) is 31.2 Å². The molecule has 0 saturated heterocycles. The summed E-state index contributed by atoms with van der Waals surface area (Å²) >= 11 is 0. The third kappa shape index (κ3) is 3.61. The number of nitrogens with zero attached hydrogens (tertiary/aromatic N) is 3. The minimum atomic E-state index is -4.61. The number of aromatic nitrogens is 3. The summed E-state index contributed by atoms with van der Waals surface area (Å²) in [4.78, 5) is 11.2. The maximum absolute atomic E-state index is 12.8. The Morgan fingerprint density at radius 2 is 1.74 bits per heavy atom. The Bertz CT molecular complexity index is 1100. The van der Waals surface area contributed by atoms with Crippen LogP contribution in [0.25, 0.3) is 11.3 Å². The average molecular weight is 395 g/mol. The lowest BCUT2D eigenvalue weighted by molar-refractivity contribution is -0.137. The molecule has 27 heavy (non-hydrogen) atoms. The molecule has 0 amide bonds. The molecule has 0 bridgehead atoms. The number of alkyl halides is 3. The van der Waals surface area contributed by atoms with E-state index < -0.39 is 21.8 Å². The molecule has 3 rings (SSSR count). The second-order valence-corrected chi connectivity index (χ2v) is 7.51. The number of hydrogen-bond acceptors (Lipinski definition) is 5. The number of carbonyl (C=O) groups excluding carboxylic acids is 1. The summed E-state index contributed by atoms with van der Waals surface area (Å²) in [5.74, 6) is 0. The molecule has 3 aromatic rings. The number of benzene rings is 2. The van der Waals surface area contributed by atoms with Crippen LogP contribution in [0.2, 0.25) is 0 Å². The van der Waals surface area contributed by atoms with Gasteiger partial charge in [-0.15, -0.1) is 9.19 Å². The Morgan fingerprint density at radius 3 is 2.33 bits per heavy atom. The van der Waals surface area contributed by atoms with Crippen LogP contribution in [0.1, 0.15) is 21.5 Å². The van der Waals surface area contributed by atoms with E-state index >= 15 is 0 Å². The van der Waals surface area contributed by atoms with Gasteiger partial charge >= 0.3 is 6.18 Å². The number of carbonyl (C=O) groups is 1. The van der Waals surface area contributed by atoms with E-state index in [0.717, 1.165) is 23.9 Å². The SMILES string of the molecule is Cc1ccc(S(=O)(=O)n2cc(-c3ccc(C(F)(F)F)cc3C=O)nn2)cc1. The van der Waals surface area contributed by atoms with Gasteiger partial charge in [-0.1, -0.05) is 29.0 Å². The van der Waals surface area contributed by atoms with Gasteiger partial charge in [0.25, 0.3) is 10.0 Å². The van der Waals surface area contributed by atoms with E-state index in [4.69, 9.17) is 0 Å². The highest BCUT2D eigenvalue weighted by atomic mass is 32.2. The Morgan fingerprint density at radius 1 is 1.07 bits per heavy atom. The molecule has 0 saturated carbocycles. The first kappa shape index (κ1) is 18.8. The normalized spacial score (nSPS) is 12.1. The second kappa shape index (κ2) is 6.62. The standard InChI is InChI=1S/C17H12F3N3O3S/c1-11-2-5-14(6-3-11)27(25,26)23-9-16(21-22-23)15-7-4-13(17(18,19)20)8-12(15)10-24/h2-10H,1H3. The zero-order valence-electron chi connectivity index (χ0n) is 13.8. The Kier molecular flexibility index (Phi) is 4.60. The van der Waals surface area contributed by atoms with E-state index in [0.29, 0.717) is 10.2 Å². The molecule has 140 valence electrons. The Hall–Kier alpha value is -3.01. The lowest BCUT2D eigenvalue weighted by atomic mass is 10.0. The molecule has 0 spiro atoms. The lowest BCUT2D eigenvalue weighted by Gasteiger charge is -2.08. The van der Waals surface area contributed by atoms with Crippen molar-refractivity contribution in [3.05, 3.63) is 65.4 Å². The minimum absolute atomic E-state index is 0.0208. The van der Waals surface area contributed by atoms with Crippen LogP contribution < -0.4 is 0 Å². The molecular formula is C17H12F3N3O3S. The highest BCUT2D eigenvalue weighted by Crippen LogP contribution is 2.32. The van der Waals surface area contributed by atoms with Crippen LogP contribution in [0.4, 0.5) is 13.2 Å². The van der Waals surface area contributed by atoms with Crippen molar-refractivity contribution in [3.8, 4) is 11.3 Å². The molecular weight excluding hydrogens is 383 g/mol. The smallest absolute Gasteiger partial charge is 0.298 e. The third-order valence-corrected chi connectivity index (χ3v) is 5.36. The van der Waals surface area contributed by atoms with Gasteiger partial charge in [0.05, 0.1) is 16.7 Å². The van der Waals surface area contributed by atoms with Gasteiger partial charge in [-0.25, -0.2) is 0 Å². The molecule has 0 aliphatic carbocycles. The Balaban J connectivity index is 2.03. The summed E-state index contributed by atoms with van der Waals surface area (Å²) in [5.41, 5.74) is -0.392. The molecule has 6 nitrogen and oxygen atoms in total. The molecule has 2 aromatic carbocycles. The number of halogens is 3. The van der Waals surface area contributed by atoms with Crippen molar-refractivity contribution in [2.75, 3.05) is 0 Å². The molecule has 10 heteroatoms. The van der Waals surface area contributed by atoms with Gasteiger partial charge in [0, 0.05) is 11.1 Å². The van der Waals surface area contributed by atoms with Gasteiger partial charge in [0.15, 0.2) is 6.29 Å². The van der Waals surface area contributed by atoms with E-state index in [1.165, 1.54) is 12.1 Å². The zero-order valence-corrected chi connectivity index (χ0v) is 14.6. The number of aldehydes is 1. The summed E-state index contributed by atoms with van der Waals surface area (Å²) in [6, 6.07) is 8.56. The second-order valence-electron chi connectivity index (χ2n) is 5.71. The van der Waals surface area contributed by atoms with E-state index in [-0.39, 0.29) is 28.0 Å². The van der Waals surface area contributed by atoms with Crippen LogP contribution >= 0.6 is 0 Å². The first-order chi connectivity index (χ1) is 12.6. The summed E-state index contributed by atoms with van der Waals surface area (Å²) < 4.78 is 64.1. The fraction of sp³-hybridized carbons (Fsp3) is 0.118. The van der Waals surface area contributed by atoms with Gasteiger partial charge in [0.2, 0.25) is 0 Å². The molecule has 0 fully saturated rings. The monoisotopic (exact) mass is 395 g/mol. The fourth-order valence-electron chi connectivity index (χ4n) is 2.38. The highest BCUT2D eigenvalue weighted by Gasteiger charge is 2.31. The van der Waals surface area contributed by atoms with Crippen LogP contribution in [0.15, 0.2) is 53.6 Å². The van der Waals surface area contributed by atoms with Crippen LogP contribution in [0.5, 0.6) is 0 Å². The number of aryl methyl sites for hydroxylation is 1. The van der Waals surface area contributed by atoms with Crippen molar-refractivity contribution in [2.45, 2.75) is 18.0 Å². The van der Waals surface area contributed by atoms with Crippen molar-refractivity contribution in [2.24, 2.45) is 0 Å². The molecule has 0 unspecified atom stereocenters. The van der Waals surface area contributed by atoms with Crippen LogP contribution in [0, 0.1) is 6.92 Å². The Labute approximate surface area is 152 Å². The predicted octanol–water partition coefficient (Wildman–Crippen LogP) is 3.32. The van der Waals surface area contributed by atoms with Crippen molar-refractivity contribution >= 4 is 16.3 Å². The average Bonchev–Trinajstić information content (AvgIpc) is 3.11. The number of hydrogen-bond donors (Lipinski definition) is 0.